The van der Waals surface area contributed by atoms with Crippen LogP contribution in [0.4, 0.5) is 0 Å². The first kappa shape index (κ1) is 28.7. The summed E-state index contributed by atoms with van der Waals surface area (Å²) in [5, 5.41) is 5.08. The van der Waals surface area contributed by atoms with Gasteiger partial charge >= 0.3 is 0 Å². The number of rotatable bonds is 4. The van der Waals surface area contributed by atoms with Crippen LogP contribution in [0.25, 0.3) is 83.0 Å². The molecule has 0 saturated heterocycles. The second-order valence-corrected chi connectivity index (χ2v) is 14.0. The zero-order valence-electron chi connectivity index (χ0n) is 28.1. The van der Waals surface area contributed by atoms with Crippen molar-refractivity contribution in [2.24, 2.45) is 0 Å². The molecule has 0 amide bonds. The Morgan fingerprint density at radius 3 is 1.70 bits per heavy atom. The van der Waals surface area contributed by atoms with Crippen LogP contribution in [-0.2, 0) is 5.41 Å². The minimum atomic E-state index is -0.104. The molecule has 236 valence electrons. The van der Waals surface area contributed by atoms with Crippen molar-refractivity contribution < 1.29 is 0 Å². The highest BCUT2D eigenvalue weighted by Crippen LogP contribution is 2.53. The summed E-state index contributed by atoms with van der Waals surface area (Å²) in [5.74, 6) is 0. The lowest BCUT2D eigenvalue weighted by molar-refractivity contribution is 0.661. The van der Waals surface area contributed by atoms with Crippen molar-refractivity contribution in [1.82, 2.24) is 9.38 Å². The van der Waals surface area contributed by atoms with Crippen LogP contribution >= 0.6 is 0 Å². The van der Waals surface area contributed by atoms with E-state index in [0.29, 0.717) is 0 Å². The minimum Gasteiger partial charge on any atom is -0.306 e. The van der Waals surface area contributed by atoms with Gasteiger partial charge in [0.1, 0.15) is 5.65 Å². The summed E-state index contributed by atoms with van der Waals surface area (Å²) in [6.45, 7) is 4.74. The van der Waals surface area contributed by atoms with Crippen LogP contribution in [0, 0.1) is 0 Å². The van der Waals surface area contributed by atoms with Crippen LogP contribution in [-0.4, -0.2) is 9.38 Å². The second kappa shape index (κ2) is 10.9. The number of imidazole rings is 1. The van der Waals surface area contributed by atoms with E-state index in [4.69, 9.17) is 4.98 Å². The normalized spacial score (nSPS) is 13.2. The summed E-state index contributed by atoms with van der Waals surface area (Å²) in [6.07, 6.45) is 4.16. The van der Waals surface area contributed by atoms with Gasteiger partial charge in [0.15, 0.2) is 0 Å². The van der Waals surface area contributed by atoms with Gasteiger partial charge < -0.3 is 4.40 Å². The maximum Gasteiger partial charge on any atom is 0.137 e. The summed E-state index contributed by atoms with van der Waals surface area (Å²) in [6, 6.07) is 57.8. The Morgan fingerprint density at radius 1 is 0.440 bits per heavy atom. The molecule has 50 heavy (non-hydrogen) atoms. The molecular weight excluding hydrogens is 605 g/mol. The molecular formula is C48H34N2. The van der Waals surface area contributed by atoms with Crippen molar-refractivity contribution >= 4 is 27.2 Å². The number of nitrogens with zero attached hydrogens (tertiary/aromatic N) is 2. The highest BCUT2D eigenvalue weighted by Gasteiger charge is 2.36. The van der Waals surface area contributed by atoms with E-state index in [-0.39, 0.29) is 5.41 Å². The molecule has 0 radical (unpaired) electrons. The van der Waals surface area contributed by atoms with Gasteiger partial charge in [-0.2, -0.15) is 0 Å². The zero-order chi connectivity index (χ0) is 33.4. The largest absolute Gasteiger partial charge is 0.306 e. The summed E-state index contributed by atoms with van der Waals surface area (Å²) in [4.78, 5) is 4.89. The molecule has 2 aromatic heterocycles. The van der Waals surface area contributed by atoms with Crippen molar-refractivity contribution in [3.8, 4) is 55.8 Å². The molecule has 0 unspecified atom stereocenters. The molecule has 1 aliphatic rings. The third kappa shape index (κ3) is 4.32. The fourth-order valence-electron chi connectivity index (χ4n) is 8.33. The van der Waals surface area contributed by atoms with Gasteiger partial charge in [0.05, 0.1) is 5.69 Å². The van der Waals surface area contributed by atoms with Gasteiger partial charge in [-0.15, -0.1) is 0 Å². The number of hydrogen-bond acceptors (Lipinski definition) is 1. The van der Waals surface area contributed by atoms with Crippen LogP contribution in [0.1, 0.15) is 25.0 Å². The van der Waals surface area contributed by atoms with Crippen LogP contribution in [0.5, 0.6) is 0 Å². The third-order valence-electron chi connectivity index (χ3n) is 10.8. The number of pyridine rings is 1. The first-order valence-electron chi connectivity index (χ1n) is 17.4. The molecule has 2 nitrogen and oxygen atoms in total. The van der Waals surface area contributed by atoms with Crippen molar-refractivity contribution in [3.05, 3.63) is 181 Å². The number of aromatic nitrogens is 2. The van der Waals surface area contributed by atoms with Gasteiger partial charge in [0.2, 0.25) is 0 Å². The molecule has 0 aliphatic heterocycles. The lowest BCUT2D eigenvalue weighted by Crippen LogP contribution is -2.14. The molecule has 9 aromatic rings. The van der Waals surface area contributed by atoms with Gasteiger partial charge in [-0.25, -0.2) is 4.98 Å². The molecule has 7 aromatic carbocycles. The fourth-order valence-corrected chi connectivity index (χ4v) is 8.33. The molecule has 0 N–H and O–H groups in total. The van der Waals surface area contributed by atoms with E-state index >= 15 is 0 Å². The van der Waals surface area contributed by atoms with Crippen LogP contribution in [0.15, 0.2) is 170 Å². The van der Waals surface area contributed by atoms with E-state index in [1.54, 1.807) is 0 Å². The molecule has 1 aliphatic carbocycles. The molecule has 0 saturated carbocycles. The number of fused-ring (bicyclic) bond motifs is 6. The molecule has 2 heterocycles. The molecule has 0 fully saturated rings. The molecule has 0 spiro atoms. The number of hydrogen-bond donors (Lipinski definition) is 0. The highest BCUT2D eigenvalue weighted by atomic mass is 15.0. The van der Waals surface area contributed by atoms with E-state index in [0.717, 1.165) is 16.9 Å². The Kier molecular flexibility index (Phi) is 6.25. The van der Waals surface area contributed by atoms with Crippen molar-refractivity contribution in [1.29, 1.82) is 0 Å². The maximum atomic E-state index is 4.89. The quantitative estimate of drug-likeness (QED) is 0.175. The molecule has 0 atom stereocenters. The Hall–Kier alpha value is -6.25. The van der Waals surface area contributed by atoms with E-state index in [2.05, 4.69) is 164 Å². The third-order valence-corrected chi connectivity index (χ3v) is 10.8. The average molecular weight is 639 g/mol. The average Bonchev–Trinajstić information content (AvgIpc) is 3.70. The Labute approximate surface area is 292 Å². The van der Waals surface area contributed by atoms with E-state index < -0.39 is 0 Å². The standard InChI is InChI=1S/C48H34N2/c1-48(2)42-17-9-8-14-36(42)39-28-40-41(29-43(39)48)47(35-25-21-33(22-26-35)44-30-50-27-11-10-18-45(50)49-44)38-16-7-6-15-37(38)46(40)34-23-19-32(20-24-34)31-12-4-3-5-13-31/h3-30H,1-2H3. The van der Waals surface area contributed by atoms with E-state index in [1.165, 1.54) is 77.2 Å². The van der Waals surface area contributed by atoms with Crippen LogP contribution in [0.2, 0.25) is 0 Å². The van der Waals surface area contributed by atoms with Crippen molar-refractivity contribution in [2.75, 3.05) is 0 Å². The van der Waals surface area contributed by atoms with E-state index in [1.807, 2.05) is 24.4 Å². The highest BCUT2D eigenvalue weighted by molar-refractivity contribution is 6.22. The van der Waals surface area contributed by atoms with Gasteiger partial charge in [0, 0.05) is 23.4 Å². The monoisotopic (exact) mass is 638 g/mol. The second-order valence-electron chi connectivity index (χ2n) is 14.0. The molecule has 2 heteroatoms. The summed E-state index contributed by atoms with van der Waals surface area (Å²) >= 11 is 0. The minimum absolute atomic E-state index is 0.104. The smallest absolute Gasteiger partial charge is 0.137 e. The predicted octanol–water partition coefficient (Wildman–Crippen LogP) is 12.6. The first-order valence-corrected chi connectivity index (χ1v) is 17.4. The first-order chi connectivity index (χ1) is 24.5. The Morgan fingerprint density at radius 2 is 1.00 bits per heavy atom. The summed E-state index contributed by atoms with van der Waals surface area (Å²) in [7, 11) is 0. The van der Waals surface area contributed by atoms with Crippen molar-refractivity contribution in [2.45, 2.75) is 19.3 Å². The van der Waals surface area contributed by atoms with E-state index in [9.17, 15) is 0 Å². The van der Waals surface area contributed by atoms with Gasteiger partial charge in [-0.05, 0) is 101 Å². The Balaban J connectivity index is 1.24. The molecule has 10 rings (SSSR count). The van der Waals surface area contributed by atoms with Crippen LogP contribution in [0.3, 0.4) is 0 Å². The summed E-state index contributed by atoms with van der Waals surface area (Å²) < 4.78 is 2.08. The van der Waals surface area contributed by atoms with Gasteiger partial charge in [-0.3, -0.25) is 0 Å². The van der Waals surface area contributed by atoms with Gasteiger partial charge in [0.25, 0.3) is 0 Å². The lowest BCUT2D eigenvalue weighted by Gasteiger charge is -2.24. The Bertz CT molecular complexity index is 2720. The zero-order valence-corrected chi connectivity index (χ0v) is 28.1. The predicted molar refractivity (Wildman–Crippen MR) is 210 cm³/mol. The maximum absolute atomic E-state index is 4.89. The molecule has 0 bridgehead atoms. The van der Waals surface area contributed by atoms with Crippen LogP contribution < -0.4 is 0 Å². The van der Waals surface area contributed by atoms with Gasteiger partial charge in [-0.1, -0.05) is 147 Å². The number of benzene rings is 7. The van der Waals surface area contributed by atoms with Crippen molar-refractivity contribution in [3.63, 3.8) is 0 Å². The summed E-state index contributed by atoms with van der Waals surface area (Å²) in [5.41, 5.74) is 15.8. The fraction of sp³-hybridized carbons (Fsp3) is 0.0625. The topological polar surface area (TPSA) is 17.3 Å². The SMILES string of the molecule is CC1(C)c2ccccc2-c2cc3c(-c4ccc(-c5ccccc5)cc4)c4ccccc4c(-c4ccc(-c5cn6ccccc6n5)cc4)c3cc21. The lowest BCUT2D eigenvalue weighted by atomic mass is 9.79.